The van der Waals surface area contributed by atoms with Gasteiger partial charge in [0.15, 0.2) is 0 Å². The summed E-state index contributed by atoms with van der Waals surface area (Å²) in [6, 6.07) is 7.21. The molecule has 5 heteroatoms. The van der Waals surface area contributed by atoms with Crippen LogP contribution in [0, 0.1) is 0 Å². The Balaban J connectivity index is 2.38. The highest BCUT2D eigenvalue weighted by Crippen LogP contribution is 2.21. The Kier molecular flexibility index (Phi) is 5.98. The van der Waals surface area contributed by atoms with Crippen LogP contribution in [-0.4, -0.2) is 34.4 Å². The minimum Gasteiger partial charge on any atom is -0.387 e. The number of aliphatic hydroxyl groups excluding tert-OH is 1. The van der Waals surface area contributed by atoms with Gasteiger partial charge in [-0.05, 0) is 6.07 Å². The Labute approximate surface area is 103 Å². The Morgan fingerprint density at radius 3 is 2.81 bits per heavy atom. The summed E-state index contributed by atoms with van der Waals surface area (Å²) in [5.41, 5.74) is 0.717. The first-order valence-electron chi connectivity index (χ1n) is 5.04. The van der Waals surface area contributed by atoms with Crippen LogP contribution >= 0.6 is 11.6 Å². The lowest BCUT2D eigenvalue weighted by Gasteiger charge is -2.13. The molecule has 3 nitrogen and oxygen atoms in total. The third-order valence-electron chi connectivity index (χ3n) is 2.17. The summed E-state index contributed by atoms with van der Waals surface area (Å²) < 4.78 is 10.8. The van der Waals surface area contributed by atoms with Gasteiger partial charge in [0.2, 0.25) is 0 Å². The lowest BCUT2D eigenvalue weighted by atomic mass is 10.1. The molecule has 0 amide bonds. The van der Waals surface area contributed by atoms with Crippen molar-refractivity contribution in [2.45, 2.75) is 6.10 Å². The third-order valence-corrected chi connectivity index (χ3v) is 3.29. The molecule has 0 aliphatic heterocycles. The second kappa shape index (κ2) is 7.01. The minimum atomic E-state index is -0.799. The van der Waals surface area contributed by atoms with Gasteiger partial charge in [0.25, 0.3) is 0 Å². The molecule has 0 aliphatic rings. The molecule has 2 atom stereocenters. The van der Waals surface area contributed by atoms with Crippen LogP contribution < -0.4 is 5.32 Å². The molecule has 1 aromatic rings. The zero-order valence-corrected chi connectivity index (χ0v) is 10.7. The number of halogens is 1. The minimum absolute atomic E-state index is 0.418. The fourth-order valence-electron chi connectivity index (χ4n) is 1.31. The van der Waals surface area contributed by atoms with Gasteiger partial charge in [-0.25, -0.2) is 0 Å². The largest absolute Gasteiger partial charge is 0.387 e. The van der Waals surface area contributed by atoms with Crippen molar-refractivity contribution in [3.8, 4) is 0 Å². The van der Waals surface area contributed by atoms with Crippen LogP contribution in [0.5, 0.6) is 0 Å². The molecule has 0 radical (unpaired) electrons. The summed E-state index contributed by atoms with van der Waals surface area (Å²) in [6.07, 6.45) is 1.03. The summed E-state index contributed by atoms with van der Waals surface area (Å²) in [5, 5.41) is 13.4. The van der Waals surface area contributed by atoms with E-state index in [-0.39, 0.29) is 0 Å². The molecule has 2 N–H and O–H groups in total. The fourth-order valence-corrected chi connectivity index (χ4v) is 2.00. The number of aliphatic hydroxyl groups is 1. The quantitative estimate of drug-likeness (QED) is 0.760. The molecule has 0 bridgehead atoms. The molecular formula is C11H16ClNO2S. The molecule has 2 unspecified atom stereocenters. The van der Waals surface area contributed by atoms with Crippen molar-refractivity contribution >= 4 is 22.4 Å². The SMILES string of the molecule is CS(=O)CCNCC(O)c1ccccc1Cl. The molecular weight excluding hydrogens is 246 g/mol. The third kappa shape index (κ3) is 4.61. The van der Waals surface area contributed by atoms with Gasteiger partial charge in [0.1, 0.15) is 0 Å². The number of hydrogen-bond donors (Lipinski definition) is 2. The Morgan fingerprint density at radius 1 is 1.50 bits per heavy atom. The van der Waals surface area contributed by atoms with E-state index < -0.39 is 16.9 Å². The molecule has 0 heterocycles. The van der Waals surface area contributed by atoms with Crippen LogP contribution in [0.2, 0.25) is 5.02 Å². The van der Waals surface area contributed by atoms with Crippen molar-refractivity contribution in [1.29, 1.82) is 0 Å². The maximum atomic E-state index is 10.8. The van der Waals surface area contributed by atoms with Crippen LogP contribution in [0.15, 0.2) is 24.3 Å². The highest BCUT2D eigenvalue weighted by Gasteiger charge is 2.09. The summed E-state index contributed by atoms with van der Waals surface area (Å²) >= 11 is 5.95. The van der Waals surface area contributed by atoms with Gasteiger partial charge in [0.05, 0.1) is 6.10 Å². The van der Waals surface area contributed by atoms with E-state index in [0.717, 1.165) is 0 Å². The molecule has 0 spiro atoms. The maximum Gasteiger partial charge on any atom is 0.0928 e. The van der Waals surface area contributed by atoms with E-state index in [1.54, 1.807) is 18.4 Å². The van der Waals surface area contributed by atoms with E-state index in [1.165, 1.54) is 0 Å². The van der Waals surface area contributed by atoms with Crippen molar-refractivity contribution in [2.75, 3.05) is 25.1 Å². The van der Waals surface area contributed by atoms with Crippen molar-refractivity contribution in [3.63, 3.8) is 0 Å². The van der Waals surface area contributed by atoms with Gasteiger partial charge < -0.3 is 10.4 Å². The maximum absolute atomic E-state index is 10.8. The number of rotatable bonds is 6. The van der Waals surface area contributed by atoms with Crippen molar-refractivity contribution in [1.82, 2.24) is 5.32 Å². The van der Waals surface area contributed by atoms with Gasteiger partial charge >= 0.3 is 0 Å². The first-order valence-corrected chi connectivity index (χ1v) is 7.15. The smallest absolute Gasteiger partial charge is 0.0928 e. The highest BCUT2D eigenvalue weighted by atomic mass is 35.5. The average molecular weight is 262 g/mol. The average Bonchev–Trinajstić information content (AvgIpc) is 2.24. The van der Waals surface area contributed by atoms with Crippen molar-refractivity contribution < 1.29 is 9.32 Å². The van der Waals surface area contributed by atoms with E-state index in [2.05, 4.69) is 5.32 Å². The standard InChI is InChI=1S/C11H16ClNO2S/c1-16(15)7-6-13-8-11(14)9-4-2-3-5-10(9)12/h2-5,11,13-14H,6-8H2,1H3. The number of hydrogen-bond acceptors (Lipinski definition) is 3. The molecule has 16 heavy (non-hydrogen) atoms. The first-order chi connectivity index (χ1) is 7.61. The van der Waals surface area contributed by atoms with Crippen molar-refractivity contribution in [2.24, 2.45) is 0 Å². The van der Waals surface area contributed by atoms with Gasteiger partial charge in [0, 0.05) is 46.5 Å². The Hall–Kier alpha value is -0.420. The van der Waals surface area contributed by atoms with E-state index in [1.807, 2.05) is 12.1 Å². The molecule has 0 saturated carbocycles. The summed E-state index contributed by atoms with van der Waals surface area (Å²) in [6.45, 7) is 1.05. The summed E-state index contributed by atoms with van der Waals surface area (Å²) in [7, 11) is -0.799. The van der Waals surface area contributed by atoms with Crippen LogP contribution in [-0.2, 0) is 10.8 Å². The van der Waals surface area contributed by atoms with Gasteiger partial charge in [-0.1, -0.05) is 29.8 Å². The molecule has 0 fully saturated rings. The Morgan fingerprint density at radius 2 is 2.19 bits per heavy atom. The normalized spacial score (nSPS) is 14.7. The molecule has 90 valence electrons. The van der Waals surface area contributed by atoms with E-state index in [4.69, 9.17) is 11.6 Å². The molecule has 0 aromatic heterocycles. The summed E-state index contributed by atoms with van der Waals surface area (Å²) in [4.78, 5) is 0. The lowest BCUT2D eigenvalue weighted by Crippen LogP contribution is -2.25. The van der Waals surface area contributed by atoms with Crippen LogP contribution in [0.1, 0.15) is 11.7 Å². The molecule has 0 saturated heterocycles. The lowest BCUT2D eigenvalue weighted by molar-refractivity contribution is 0.176. The van der Waals surface area contributed by atoms with Crippen LogP contribution in [0.25, 0.3) is 0 Å². The number of nitrogens with one attached hydrogen (secondary N) is 1. The van der Waals surface area contributed by atoms with Gasteiger partial charge in [-0.3, -0.25) is 4.21 Å². The topological polar surface area (TPSA) is 49.3 Å². The zero-order valence-electron chi connectivity index (χ0n) is 9.15. The van der Waals surface area contributed by atoms with Crippen molar-refractivity contribution in [3.05, 3.63) is 34.9 Å². The predicted octanol–water partition coefficient (Wildman–Crippen LogP) is 1.34. The second-order valence-electron chi connectivity index (χ2n) is 3.52. The molecule has 0 aliphatic carbocycles. The monoisotopic (exact) mass is 261 g/mol. The fraction of sp³-hybridized carbons (Fsp3) is 0.455. The zero-order chi connectivity index (χ0) is 12.0. The predicted molar refractivity (Wildman–Crippen MR) is 68.2 cm³/mol. The van der Waals surface area contributed by atoms with Crippen LogP contribution in [0.3, 0.4) is 0 Å². The van der Waals surface area contributed by atoms with Crippen LogP contribution in [0.4, 0.5) is 0 Å². The van der Waals surface area contributed by atoms with Gasteiger partial charge in [-0.15, -0.1) is 0 Å². The second-order valence-corrected chi connectivity index (χ2v) is 5.48. The number of benzene rings is 1. The molecule has 1 rings (SSSR count). The van der Waals surface area contributed by atoms with Gasteiger partial charge in [-0.2, -0.15) is 0 Å². The summed E-state index contributed by atoms with van der Waals surface area (Å²) in [5.74, 6) is 0.593. The highest BCUT2D eigenvalue weighted by molar-refractivity contribution is 7.84. The molecule has 1 aromatic carbocycles. The van der Waals surface area contributed by atoms with E-state index in [9.17, 15) is 9.32 Å². The Bertz CT molecular complexity index is 360. The van der Waals surface area contributed by atoms with E-state index in [0.29, 0.717) is 29.4 Å². The van der Waals surface area contributed by atoms with E-state index >= 15 is 0 Å². The first kappa shape index (κ1) is 13.6.